The standard InChI is InChI=1S/C21H21N5O3/c1-24-20(27)16-11-12(3-8-17(16)22)19-25-21-15(9-10-29-21)18(23)26(19)13-4-6-14(28-2)7-5-13/h3-11,19,23,25H,22H2,1-2H3,(H,24,27). The van der Waals surface area contributed by atoms with E-state index in [2.05, 4.69) is 10.6 Å². The number of nitrogens with one attached hydrogen (secondary N) is 3. The number of amidine groups is 1. The number of rotatable bonds is 4. The number of fused-ring (bicyclic) bond motifs is 1. The van der Waals surface area contributed by atoms with Crippen LogP contribution in [0.3, 0.4) is 0 Å². The molecule has 0 aliphatic carbocycles. The molecule has 0 saturated carbocycles. The Bertz CT molecular complexity index is 1070. The highest BCUT2D eigenvalue weighted by atomic mass is 16.5. The Morgan fingerprint density at radius 3 is 2.69 bits per heavy atom. The first kappa shape index (κ1) is 18.4. The van der Waals surface area contributed by atoms with Crippen LogP contribution in [0.2, 0.25) is 0 Å². The van der Waals surface area contributed by atoms with Crippen LogP contribution < -0.4 is 26.0 Å². The average molecular weight is 391 g/mol. The number of hydrogen-bond acceptors (Lipinski definition) is 6. The number of nitrogens with zero attached hydrogens (tertiary/aromatic N) is 1. The summed E-state index contributed by atoms with van der Waals surface area (Å²) in [5, 5.41) is 14.7. The molecule has 3 aromatic rings. The smallest absolute Gasteiger partial charge is 0.253 e. The first-order valence-electron chi connectivity index (χ1n) is 9.01. The number of nitrogens with two attached hydrogens (primary N) is 1. The van der Waals surface area contributed by atoms with Gasteiger partial charge in [0.2, 0.25) is 5.88 Å². The molecule has 0 radical (unpaired) electrons. The molecule has 1 aromatic heterocycles. The van der Waals surface area contributed by atoms with E-state index in [0.29, 0.717) is 22.7 Å². The molecule has 0 spiro atoms. The van der Waals surface area contributed by atoms with Crippen LogP contribution in [-0.4, -0.2) is 25.9 Å². The molecule has 1 aliphatic heterocycles. The van der Waals surface area contributed by atoms with Crippen molar-refractivity contribution in [1.82, 2.24) is 5.32 Å². The molecule has 2 aromatic carbocycles. The second kappa shape index (κ2) is 7.23. The number of furan rings is 1. The Labute approximate surface area is 167 Å². The molecule has 4 rings (SSSR count). The third kappa shape index (κ3) is 3.14. The molecule has 1 amide bonds. The maximum Gasteiger partial charge on any atom is 0.253 e. The highest BCUT2D eigenvalue weighted by Crippen LogP contribution is 2.38. The Kier molecular flexibility index (Phi) is 4.59. The Morgan fingerprint density at radius 1 is 1.24 bits per heavy atom. The van der Waals surface area contributed by atoms with Crippen LogP contribution in [0.5, 0.6) is 5.75 Å². The number of hydrogen-bond donors (Lipinski definition) is 4. The van der Waals surface area contributed by atoms with Gasteiger partial charge in [0.1, 0.15) is 17.8 Å². The van der Waals surface area contributed by atoms with Crippen molar-refractivity contribution in [2.75, 3.05) is 30.1 Å². The predicted octanol–water partition coefficient (Wildman–Crippen LogP) is 3.19. The third-order valence-electron chi connectivity index (χ3n) is 4.90. The quantitative estimate of drug-likeness (QED) is 0.508. The molecule has 5 N–H and O–H groups in total. The number of anilines is 3. The average Bonchev–Trinajstić information content (AvgIpc) is 3.23. The van der Waals surface area contributed by atoms with Gasteiger partial charge >= 0.3 is 0 Å². The van der Waals surface area contributed by atoms with Crippen LogP contribution in [0.4, 0.5) is 17.3 Å². The highest BCUT2D eigenvalue weighted by Gasteiger charge is 2.34. The van der Waals surface area contributed by atoms with Gasteiger partial charge < -0.3 is 30.4 Å². The predicted molar refractivity (Wildman–Crippen MR) is 112 cm³/mol. The first-order valence-corrected chi connectivity index (χ1v) is 9.01. The van der Waals surface area contributed by atoms with Gasteiger partial charge in [-0.05, 0) is 48.0 Å². The molecule has 0 fully saturated rings. The summed E-state index contributed by atoms with van der Waals surface area (Å²) >= 11 is 0. The van der Waals surface area contributed by atoms with Gasteiger partial charge in [-0.15, -0.1) is 0 Å². The van der Waals surface area contributed by atoms with Gasteiger partial charge in [-0.2, -0.15) is 0 Å². The Balaban J connectivity index is 1.83. The summed E-state index contributed by atoms with van der Waals surface area (Å²) in [6.07, 6.45) is 1.07. The Hall–Kier alpha value is -3.94. The van der Waals surface area contributed by atoms with Crippen molar-refractivity contribution in [2.24, 2.45) is 0 Å². The lowest BCUT2D eigenvalue weighted by Crippen LogP contribution is -2.42. The maximum absolute atomic E-state index is 12.2. The SMILES string of the molecule is CNC(=O)c1cc(C2Nc3occc3C(=N)N2c2ccc(OC)cc2)ccc1N. The molecule has 1 atom stereocenters. The molecule has 0 bridgehead atoms. The summed E-state index contributed by atoms with van der Waals surface area (Å²) in [5.41, 5.74) is 8.95. The monoisotopic (exact) mass is 391 g/mol. The van der Waals surface area contributed by atoms with Crippen LogP contribution in [-0.2, 0) is 0 Å². The number of amides is 1. The van der Waals surface area contributed by atoms with E-state index in [4.69, 9.17) is 20.3 Å². The van der Waals surface area contributed by atoms with Crippen molar-refractivity contribution in [1.29, 1.82) is 5.41 Å². The normalized spacial score (nSPS) is 15.4. The van der Waals surface area contributed by atoms with Crippen molar-refractivity contribution in [3.63, 3.8) is 0 Å². The molecule has 148 valence electrons. The van der Waals surface area contributed by atoms with Gasteiger partial charge in [-0.25, -0.2) is 0 Å². The third-order valence-corrected chi connectivity index (χ3v) is 4.90. The van der Waals surface area contributed by atoms with E-state index >= 15 is 0 Å². The fourth-order valence-electron chi connectivity index (χ4n) is 3.38. The fraction of sp³-hybridized carbons (Fsp3) is 0.143. The number of nitrogen functional groups attached to an aromatic ring is 1. The van der Waals surface area contributed by atoms with Gasteiger partial charge in [-0.3, -0.25) is 10.2 Å². The molecular weight excluding hydrogens is 370 g/mol. The van der Waals surface area contributed by atoms with E-state index in [1.807, 2.05) is 35.2 Å². The Morgan fingerprint density at radius 2 is 2.00 bits per heavy atom. The summed E-state index contributed by atoms with van der Waals surface area (Å²) < 4.78 is 10.8. The maximum atomic E-state index is 12.2. The second-order valence-electron chi connectivity index (χ2n) is 6.55. The van der Waals surface area contributed by atoms with Gasteiger partial charge in [0.25, 0.3) is 5.91 Å². The molecule has 0 saturated heterocycles. The van der Waals surface area contributed by atoms with E-state index in [1.165, 1.54) is 0 Å². The summed E-state index contributed by atoms with van der Waals surface area (Å²) in [4.78, 5) is 14.0. The molecule has 2 heterocycles. The van der Waals surface area contributed by atoms with E-state index in [-0.39, 0.29) is 11.7 Å². The van der Waals surface area contributed by atoms with E-state index in [1.54, 1.807) is 38.6 Å². The van der Waals surface area contributed by atoms with Crippen molar-refractivity contribution in [3.8, 4) is 5.75 Å². The number of methoxy groups -OCH3 is 1. The van der Waals surface area contributed by atoms with Crippen molar-refractivity contribution >= 4 is 29.0 Å². The van der Waals surface area contributed by atoms with Crippen LogP contribution in [0, 0.1) is 5.41 Å². The van der Waals surface area contributed by atoms with Crippen LogP contribution in [0.1, 0.15) is 27.7 Å². The van der Waals surface area contributed by atoms with Crippen LogP contribution >= 0.6 is 0 Å². The summed E-state index contributed by atoms with van der Waals surface area (Å²) in [5.74, 6) is 1.23. The summed E-state index contributed by atoms with van der Waals surface area (Å²) in [6.45, 7) is 0. The minimum absolute atomic E-state index is 0.273. The zero-order valence-corrected chi connectivity index (χ0v) is 16.0. The number of carbonyl (C=O) groups is 1. The molecule has 29 heavy (non-hydrogen) atoms. The van der Waals surface area contributed by atoms with Crippen molar-refractivity contribution < 1.29 is 13.9 Å². The number of benzene rings is 2. The van der Waals surface area contributed by atoms with Gasteiger partial charge in [-0.1, -0.05) is 6.07 Å². The first-order chi connectivity index (χ1) is 14.0. The largest absolute Gasteiger partial charge is 0.497 e. The lowest BCUT2D eigenvalue weighted by Gasteiger charge is -2.38. The van der Waals surface area contributed by atoms with Gasteiger partial charge in [0.15, 0.2) is 0 Å². The highest BCUT2D eigenvalue weighted by molar-refractivity contribution is 6.13. The van der Waals surface area contributed by atoms with Crippen LogP contribution in [0.15, 0.2) is 59.2 Å². The van der Waals surface area contributed by atoms with Crippen molar-refractivity contribution in [2.45, 2.75) is 6.17 Å². The van der Waals surface area contributed by atoms with Gasteiger partial charge in [0.05, 0.1) is 24.5 Å². The van der Waals surface area contributed by atoms with E-state index in [0.717, 1.165) is 17.0 Å². The van der Waals surface area contributed by atoms with E-state index < -0.39 is 6.17 Å². The topological polar surface area (TPSA) is 117 Å². The molecule has 1 aliphatic rings. The number of ether oxygens (including phenoxy) is 1. The lowest BCUT2D eigenvalue weighted by molar-refractivity contribution is 0.0964. The molecular formula is C21H21N5O3. The summed E-state index contributed by atoms with van der Waals surface area (Å²) in [7, 11) is 3.16. The van der Waals surface area contributed by atoms with Crippen LogP contribution in [0.25, 0.3) is 0 Å². The zero-order chi connectivity index (χ0) is 20.5. The zero-order valence-electron chi connectivity index (χ0n) is 16.0. The van der Waals surface area contributed by atoms with Gasteiger partial charge in [0, 0.05) is 18.4 Å². The fourth-order valence-corrected chi connectivity index (χ4v) is 3.38. The molecule has 8 nitrogen and oxygen atoms in total. The molecule has 8 heteroatoms. The summed E-state index contributed by atoms with van der Waals surface area (Å²) in [6, 6.07) is 14.4. The second-order valence-corrected chi connectivity index (χ2v) is 6.55. The number of carbonyl (C=O) groups excluding carboxylic acids is 1. The minimum Gasteiger partial charge on any atom is -0.497 e. The minimum atomic E-state index is -0.474. The van der Waals surface area contributed by atoms with E-state index in [9.17, 15) is 4.79 Å². The molecule has 1 unspecified atom stereocenters. The van der Waals surface area contributed by atoms with Crippen molar-refractivity contribution in [3.05, 3.63) is 71.5 Å². The lowest BCUT2D eigenvalue weighted by atomic mass is 10.0.